The Morgan fingerprint density at radius 3 is 2.02 bits per heavy atom. The Balaban J connectivity index is 1.39. The Kier molecular flexibility index (Phi) is 8.99. The van der Waals surface area contributed by atoms with Crippen LogP contribution in [0.15, 0.2) is 102 Å². The van der Waals surface area contributed by atoms with Gasteiger partial charge in [0.05, 0.1) is 16.8 Å². The normalized spacial score (nSPS) is 11.5. The molecule has 0 atom stereocenters. The molecule has 0 fully saturated rings. The van der Waals surface area contributed by atoms with Gasteiger partial charge in [0.15, 0.2) is 0 Å². The minimum absolute atomic E-state index is 0.0149. The summed E-state index contributed by atoms with van der Waals surface area (Å²) in [5.41, 5.74) is 4.06. The number of benzene rings is 4. The second kappa shape index (κ2) is 12.4. The van der Waals surface area contributed by atoms with Gasteiger partial charge in [-0.15, -0.1) is 0 Å². The maximum absolute atomic E-state index is 12.8. The fraction of sp³-hybridized carbons (Fsp3) is 0.167. The standard InChI is InChI=1S/C30H31N3O6S2/c1-22-9-10-26(19-23(22)2)32-41(37,38)29-17-11-25(12-18-29)31-30(34)20-33(40(3,35)36)27-13-15-28(16-14-27)39-21-24-7-5-4-6-8-24/h4-19,32H,20-21H2,1-3H3,(H,31,34). The summed E-state index contributed by atoms with van der Waals surface area (Å²) in [6.45, 7) is 3.72. The molecule has 4 rings (SSSR count). The van der Waals surface area contributed by atoms with E-state index in [1.807, 2.05) is 50.2 Å². The number of carbonyl (C=O) groups is 1. The number of sulfonamides is 2. The monoisotopic (exact) mass is 593 g/mol. The molecule has 0 heterocycles. The third kappa shape index (κ3) is 8.09. The third-order valence-electron chi connectivity index (χ3n) is 6.27. The lowest BCUT2D eigenvalue weighted by molar-refractivity contribution is -0.114. The molecular weight excluding hydrogens is 562 g/mol. The molecule has 0 saturated heterocycles. The molecule has 4 aromatic carbocycles. The number of ether oxygens (including phenoxy) is 1. The minimum atomic E-state index is -3.85. The van der Waals surface area contributed by atoms with Crippen molar-refractivity contribution in [3.63, 3.8) is 0 Å². The summed E-state index contributed by atoms with van der Waals surface area (Å²) in [5, 5.41) is 2.62. The van der Waals surface area contributed by atoms with Crippen LogP contribution in [0.2, 0.25) is 0 Å². The topological polar surface area (TPSA) is 122 Å². The lowest BCUT2D eigenvalue weighted by Gasteiger charge is -2.22. The van der Waals surface area contributed by atoms with Crippen molar-refractivity contribution in [3.8, 4) is 5.75 Å². The molecule has 0 saturated carbocycles. The van der Waals surface area contributed by atoms with Gasteiger partial charge in [0.2, 0.25) is 15.9 Å². The molecule has 0 aliphatic rings. The van der Waals surface area contributed by atoms with E-state index in [-0.39, 0.29) is 4.90 Å². The summed E-state index contributed by atoms with van der Waals surface area (Å²) in [4.78, 5) is 12.8. The van der Waals surface area contributed by atoms with Crippen LogP contribution in [0.1, 0.15) is 16.7 Å². The molecule has 41 heavy (non-hydrogen) atoms. The van der Waals surface area contributed by atoms with Gasteiger partial charge in [-0.3, -0.25) is 13.8 Å². The van der Waals surface area contributed by atoms with Crippen molar-refractivity contribution in [2.75, 3.05) is 27.1 Å². The van der Waals surface area contributed by atoms with E-state index in [9.17, 15) is 21.6 Å². The van der Waals surface area contributed by atoms with Crippen LogP contribution < -0.4 is 19.1 Å². The van der Waals surface area contributed by atoms with Crippen LogP contribution in [0, 0.1) is 13.8 Å². The van der Waals surface area contributed by atoms with E-state index >= 15 is 0 Å². The zero-order chi connectivity index (χ0) is 29.6. The highest BCUT2D eigenvalue weighted by Gasteiger charge is 2.21. The molecule has 0 aliphatic heterocycles. The summed E-state index contributed by atoms with van der Waals surface area (Å²) in [6, 6.07) is 26.9. The number of carbonyl (C=O) groups excluding carboxylic acids is 1. The van der Waals surface area contributed by atoms with Crippen molar-refractivity contribution >= 4 is 43.0 Å². The zero-order valence-corrected chi connectivity index (χ0v) is 24.5. The largest absolute Gasteiger partial charge is 0.489 e. The van der Waals surface area contributed by atoms with Crippen LogP contribution in [0.4, 0.5) is 17.1 Å². The lowest BCUT2D eigenvalue weighted by Crippen LogP contribution is -2.37. The van der Waals surface area contributed by atoms with Gasteiger partial charge in [-0.2, -0.15) is 0 Å². The van der Waals surface area contributed by atoms with E-state index in [1.165, 1.54) is 24.3 Å². The highest BCUT2D eigenvalue weighted by atomic mass is 32.2. The average Bonchev–Trinajstić information content (AvgIpc) is 2.93. The number of nitrogens with zero attached hydrogens (tertiary/aromatic N) is 1. The van der Waals surface area contributed by atoms with Crippen LogP contribution in [0.3, 0.4) is 0 Å². The number of hydrogen-bond donors (Lipinski definition) is 2. The summed E-state index contributed by atoms with van der Waals surface area (Å²) >= 11 is 0. The Bertz CT molecular complexity index is 1720. The smallest absolute Gasteiger partial charge is 0.261 e. The van der Waals surface area contributed by atoms with E-state index in [0.29, 0.717) is 29.4 Å². The molecule has 1 amide bonds. The summed E-state index contributed by atoms with van der Waals surface area (Å²) in [6.07, 6.45) is 1.02. The number of amides is 1. The first-order valence-electron chi connectivity index (χ1n) is 12.7. The van der Waals surface area contributed by atoms with Gasteiger partial charge >= 0.3 is 0 Å². The van der Waals surface area contributed by atoms with Crippen molar-refractivity contribution in [3.05, 3.63) is 114 Å². The predicted octanol–water partition coefficient (Wildman–Crippen LogP) is 5.09. The molecular formula is C30H31N3O6S2. The summed E-state index contributed by atoms with van der Waals surface area (Å²) < 4.78 is 59.9. The molecule has 214 valence electrons. The van der Waals surface area contributed by atoms with Crippen LogP contribution in [0.25, 0.3) is 0 Å². The Morgan fingerprint density at radius 1 is 0.780 bits per heavy atom. The van der Waals surface area contributed by atoms with E-state index in [4.69, 9.17) is 4.74 Å². The molecule has 9 nitrogen and oxygen atoms in total. The SMILES string of the molecule is Cc1ccc(NS(=O)(=O)c2ccc(NC(=O)CN(c3ccc(OCc4ccccc4)cc3)S(C)(=O)=O)cc2)cc1C. The van der Waals surface area contributed by atoms with Crippen LogP contribution >= 0.6 is 0 Å². The van der Waals surface area contributed by atoms with Crippen molar-refractivity contribution in [2.24, 2.45) is 0 Å². The van der Waals surface area contributed by atoms with Gasteiger partial charge in [0.1, 0.15) is 18.9 Å². The Morgan fingerprint density at radius 2 is 1.41 bits per heavy atom. The highest BCUT2D eigenvalue weighted by Crippen LogP contribution is 2.23. The van der Waals surface area contributed by atoms with Crippen molar-refractivity contribution in [1.29, 1.82) is 0 Å². The molecule has 0 unspecified atom stereocenters. The van der Waals surface area contributed by atoms with E-state index < -0.39 is 32.5 Å². The van der Waals surface area contributed by atoms with Gasteiger partial charge in [0.25, 0.3) is 10.0 Å². The molecule has 0 bridgehead atoms. The molecule has 0 radical (unpaired) electrons. The van der Waals surface area contributed by atoms with Gasteiger partial charge in [-0.05, 0) is 91.2 Å². The van der Waals surface area contributed by atoms with E-state index in [2.05, 4.69) is 10.0 Å². The highest BCUT2D eigenvalue weighted by molar-refractivity contribution is 7.92. The van der Waals surface area contributed by atoms with Crippen LogP contribution in [0.5, 0.6) is 5.75 Å². The van der Waals surface area contributed by atoms with Gasteiger partial charge in [0, 0.05) is 11.4 Å². The molecule has 0 spiro atoms. The minimum Gasteiger partial charge on any atom is -0.489 e. The number of hydrogen-bond acceptors (Lipinski definition) is 6. The van der Waals surface area contributed by atoms with E-state index in [0.717, 1.165) is 27.3 Å². The maximum Gasteiger partial charge on any atom is 0.261 e. The summed E-state index contributed by atoms with van der Waals surface area (Å²) in [7, 11) is -7.64. The predicted molar refractivity (Wildman–Crippen MR) is 161 cm³/mol. The Hall–Kier alpha value is -4.35. The zero-order valence-electron chi connectivity index (χ0n) is 22.9. The molecule has 2 N–H and O–H groups in total. The van der Waals surface area contributed by atoms with Crippen molar-refractivity contribution < 1.29 is 26.4 Å². The van der Waals surface area contributed by atoms with Gasteiger partial charge in [-0.25, -0.2) is 16.8 Å². The average molecular weight is 594 g/mol. The first-order chi connectivity index (χ1) is 19.4. The van der Waals surface area contributed by atoms with Crippen molar-refractivity contribution in [2.45, 2.75) is 25.3 Å². The first-order valence-corrected chi connectivity index (χ1v) is 16.0. The number of aryl methyl sites for hydroxylation is 2. The van der Waals surface area contributed by atoms with E-state index in [1.54, 1.807) is 36.4 Å². The molecule has 4 aromatic rings. The number of nitrogens with one attached hydrogen (secondary N) is 2. The summed E-state index contributed by atoms with van der Waals surface area (Å²) in [5.74, 6) is -0.0405. The maximum atomic E-state index is 12.8. The van der Waals surface area contributed by atoms with Crippen LogP contribution in [-0.2, 0) is 31.4 Å². The van der Waals surface area contributed by atoms with Gasteiger partial charge < -0.3 is 10.1 Å². The fourth-order valence-electron chi connectivity index (χ4n) is 3.92. The van der Waals surface area contributed by atoms with Crippen LogP contribution in [-0.4, -0.2) is 35.5 Å². The third-order valence-corrected chi connectivity index (χ3v) is 8.81. The number of anilines is 3. The number of rotatable bonds is 11. The van der Waals surface area contributed by atoms with Gasteiger partial charge in [-0.1, -0.05) is 36.4 Å². The lowest BCUT2D eigenvalue weighted by atomic mass is 10.1. The second-order valence-electron chi connectivity index (χ2n) is 9.51. The molecule has 0 aliphatic carbocycles. The van der Waals surface area contributed by atoms with Crippen molar-refractivity contribution in [1.82, 2.24) is 0 Å². The second-order valence-corrected chi connectivity index (χ2v) is 13.1. The quantitative estimate of drug-likeness (QED) is 0.250. The Labute approximate surface area is 240 Å². The fourth-order valence-corrected chi connectivity index (χ4v) is 5.82. The molecule has 0 aromatic heterocycles. The first kappa shape index (κ1) is 29.6. The molecule has 11 heteroatoms.